The molecule has 1 rings (SSSR count). The van der Waals surface area contributed by atoms with E-state index in [1.807, 2.05) is 0 Å². The summed E-state index contributed by atoms with van der Waals surface area (Å²) in [7, 11) is 0. The predicted octanol–water partition coefficient (Wildman–Crippen LogP) is 1.84. The average molecular weight is 226 g/mol. The summed E-state index contributed by atoms with van der Waals surface area (Å²) < 4.78 is 10.2. The predicted molar refractivity (Wildman–Crippen MR) is 58.7 cm³/mol. The molecule has 0 unspecified atom stereocenters. The first kappa shape index (κ1) is 12.7. The topological polar surface area (TPSA) is 52.6 Å². The van der Waals surface area contributed by atoms with E-state index in [0.29, 0.717) is 6.42 Å². The first-order valence-corrected chi connectivity index (χ1v) is 5.56. The molecule has 4 heteroatoms. The highest BCUT2D eigenvalue weighted by Crippen LogP contribution is 2.40. The molecule has 0 aromatic carbocycles. The fourth-order valence-corrected chi connectivity index (χ4v) is 2.24. The number of esters is 2. The lowest BCUT2D eigenvalue weighted by atomic mass is 9.90. The fourth-order valence-electron chi connectivity index (χ4n) is 2.24. The van der Waals surface area contributed by atoms with E-state index in [-0.39, 0.29) is 12.5 Å². The van der Waals surface area contributed by atoms with Gasteiger partial charge in [-0.15, -0.1) is 6.58 Å². The van der Waals surface area contributed by atoms with Gasteiger partial charge in [-0.3, -0.25) is 4.79 Å². The van der Waals surface area contributed by atoms with Gasteiger partial charge in [0.2, 0.25) is 5.60 Å². The van der Waals surface area contributed by atoms with Gasteiger partial charge in [-0.2, -0.15) is 0 Å². The van der Waals surface area contributed by atoms with Gasteiger partial charge in [0, 0.05) is 12.8 Å². The van der Waals surface area contributed by atoms with Crippen LogP contribution in [0.5, 0.6) is 0 Å². The monoisotopic (exact) mass is 226 g/mol. The lowest BCUT2D eigenvalue weighted by Crippen LogP contribution is -2.46. The van der Waals surface area contributed by atoms with Crippen molar-refractivity contribution in [1.82, 2.24) is 0 Å². The second-order valence-electron chi connectivity index (χ2n) is 3.94. The molecule has 0 aliphatic heterocycles. The lowest BCUT2D eigenvalue weighted by Gasteiger charge is -2.30. The Balaban J connectivity index is 2.95. The molecule has 4 nitrogen and oxygen atoms in total. The Morgan fingerprint density at radius 1 is 1.56 bits per heavy atom. The van der Waals surface area contributed by atoms with Gasteiger partial charge >= 0.3 is 11.9 Å². The largest absolute Gasteiger partial charge is 0.463 e. The van der Waals surface area contributed by atoms with Gasteiger partial charge in [-0.05, 0) is 26.2 Å². The summed E-state index contributed by atoms with van der Waals surface area (Å²) in [6, 6.07) is 0. The molecule has 2 atom stereocenters. The number of hydrogen-bond donors (Lipinski definition) is 0. The highest BCUT2D eigenvalue weighted by atomic mass is 16.6. The molecule has 0 aromatic rings. The smallest absolute Gasteiger partial charge is 0.351 e. The number of rotatable bonds is 4. The molecule has 1 aliphatic rings. The molecule has 0 saturated heterocycles. The van der Waals surface area contributed by atoms with Crippen LogP contribution in [0.25, 0.3) is 0 Å². The minimum absolute atomic E-state index is 0.143. The Morgan fingerprint density at radius 3 is 2.75 bits per heavy atom. The minimum atomic E-state index is -1.14. The van der Waals surface area contributed by atoms with E-state index in [2.05, 4.69) is 6.58 Å². The number of carbonyl (C=O) groups is 2. The van der Waals surface area contributed by atoms with E-state index in [4.69, 9.17) is 9.47 Å². The molecule has 90 valence electrons. The average Bonchev–Trinajstić information content (AvgIpc) is 2.61. The van der Waals surface area contributed by atoms with Crippen molar-refractivity contribution < 1.29 is 19.1 Å². The van der Waals surface area contributed by atoms with Crippen LogP contribution in [0.4, 0.5) is 0 Å². The number of hydrogen-bond acceptors (Lipinski definition) is 4. The molecule has 0 amide bonds. The second-order valence-corrected chi connectivity index (χ2v) is 3.94. The minimum Gasteiger partial charge on any atom is -0.463 e. The maximum atomic E-state index is 11.9. The van der Waals surface area contributed by atoms with Crippen molar-refractivity contribution >= 4 is 11.9 Å². The van der Waals surface area contributed by atoms with Crippen LogP contribution < -0.4 is 0 Å². The Morgan fingerprint density at radius 2 is 2.25 bits per heavy atom. The second kappa shape index (κ2) is 5.14. The molecular formula is C12H18O4. The molecule has 0 radical (unpaired) electrons. The van der Waals surface area contributed by atoms with Crippen LogP contribution in [0, 0.1) is 5.92 Å². The maximum Gasteiger partial charge on any atom is 0.351 e. The fraction of sp³-hybridized carbons (Fsp3) is 0.667. The zero-order valence-corrected chi connectivity index (χ0v) is 9.82. The SMILES string of the molecule is C=C[C@H]1CCC[C@]1(OC(C)=O)C(=O)OCC. The van der Waals surface area contributed by atoms with E-state index in [1.165, 1.54) is 6.92 Å². The molecule has 0 bridgehead atoms. The molecule has 0 heterocycles. The van der Waals surface area contributed by atoms with Gasteiger partial charge in [-0.1, -0.05) is 6.08 Å². The number of ether oxygens (including phenoxy) is 2. The summed E-state index contributed by atoms with van der Waals surface area (Å²) in [5, 5.41) is 0. The van der Waals surface area contributed by atoms with E-state index in [9.17, 15) is 9.59 Å². The van der Waals surface area contributed by atoms with Gasteiger partial charge in [0.15, 0.2) is 0 Å². The Kier molecular flexibility index (Phi) is 4.10. The number of carbonyl (C=O) groups excluding carboxylic acids is 2. The van der Waals surface area contributed by atoms with Crippen molar-refractivity contribution in [1.29, 1.82) is 0 Å². The summed E-state index contributed by atoms with van der Waals surface area (Å²) in [5.41, 5.74) is -1.14. The van der Waals surface area contributed by atoms with Crippen molar-refractivity contribution in [3.05, 3.63) is 12.7 Å². The zero-order chi connectivity index (χ0) is 12.2. The molecule has 1 aliphatic carbocycles. The van der Waals surface area contributed by atoms with E-state index in [1.54, 1.807) is 13.0 Å². The summed E-state index contributed by atoms with van der Waals surface area (Å²) >= 11 is 0. The van der Waals surface area contributed by atoms with Crippen LogP contribution in [0.3, 0.4) is 0 Å². The van der Waals surface area contributed by atoms with Crippen LogP contribution in [-0.4, -0.2) is 24.1 Å². The van der Waals surface area contributed by atoms with Crippen LogP contribution in [0.1, 0.15) is 33.1 Å². The van der Waals surface area contributed by atoms with Crippen molar-refractivity contribution in [2.45, 2.75) is 38.7 Å². The highest BCUT2D eigenvalue weighted by molar-refractivity contribution is 5.84. The van der Waals surface area contributed by atoms with Crippen LogP contribution in [0.15, 0.2) is 12.7 Å². The molecule has 16 heavy (non-hydrogen) atoms. The van der Waals surface area contributed by atoms with E-state index >= 15 is 0 Å². The molecule has 0 N–H and O–H groups in total. The standard InChI is InChI=1S/C12H18O4/c1-4-10-7-6-8-12(10,16-9(3)13)11(14)15-5-2/h4,10H,1,5-8H2,2-3H3/t10-,12+/m0/s1. The third-order valence-corrected chi connectivity index (χ3v) is 2.89. The van der Waals surface area contributed by atoms with Gasteiger partial charge in [0.25, 0.3) is 0 Å². The van der Waals surface area contributed by atoms with Gasteiger partial charge in [0.1, 0.15) is 0 Å². The van der Waals surface area contributed by atoms with Gasteiger partial charge in [0.05, 0.1) is 6.61 Å². The van der Waals surface area contributed by atoms with Crippen LogP contribution >= 0.6 is 0 Å². The molecule has 0 spiro atoms. The van der Waals surface area contributed by atoms with E-state index < -0.39 is 17.5 Å². The molecule has 1 fully saturated rings. The Hall–Kier alpha value is -1.32. The zero-order valence-electron chi connectivity index (χ0n) is 9.82. The van der Waals surface area contributed by atoms with Crippen LogP contribution in [-0.2, 0) is 19.1 Å². The summed E-state index contributed by atoms with van der Waals surface area (Å²) in [4.78, 5) is 23.0. The normalized spacial score (nSPS) is 28.5. The van der Waals surface area contributed by atoms with Gasteiger partial charge < -0.3 is 9.47 Å². The molecule has 1 saturated carbocycles. The first-order valence-electron chi connectivity index (χ1n) is 5.56. The van der Waals surface area contributed by atoms with Crippen molar-refractivity contribution in [2.75, 3.05) is 6.61 Å². The highest BCUT2D eigenvalue weighted by Gasteiger charge is 2.52. The quantitative estimate of drug-likeness (QED) is 0.542. The van der Waals surface area contributed by atoms with Gasteiger partial charge in [-0.25, -0.2) is 4.79 Å². The van der Waals surface area contributed by atoms with Crippen LogP contribution in [0.2, 0.25) is 0 Å². The maximum absolute atomic E-state index is 11.9. The lowest BCUT2D eigenvalue weighted by molar-refractivity contribution is -0.184. The van der Waals surface area contributed by atoms with Crippen molar-refractivity contribution in [2.24, 2.45) is 5.92 Å². The third-order valence-electron chi connectivity index (χ3n) is 2.89. The molecule has 0 aromatic heterocycles. The van der Waals surface area contributed by atoms with Crippen molar-refractivity contribution in [3.8, 4) is 0 Å². The van der Waals surface area contributed by atoms with E-state index in [0.717, 1.165) is 12.8 Å². The van der Waals surface area contributed by atoms with Crippen molar-refractivity contribution in [3.63, 3.8) is 0 Å². The summed E-state index contributed by atoms with van der Waals surface area (Å²) in [5.74, 6) is -1.05. The third kappa shape index (κ3) is 2.26. The molecular weight excluding hydrogens is 208 g/mol. The summed E-state index contributed by atoms with van der Waals surface area (Å²) in [6.45, 7) is 7.01. The summed E-state index contributed by atoms with van der Waals surface area (Å²) in [6.07, 6.45) is 3.83. The Bertz CT molecular complexity index is 297. The first-order chi connectivity index (χ1) is 7.56. The Labute approximate surface area is 95.6 Å².